The summed E-state index contributed by atoms with van der Waals surface area (Å²) in [6.45, 7) is 3.19. The number of carboxylic acid groups (broad SMARTS) is 1. The van der Waals surface area contributed by atoms with Crippen molar-refractivity contribution in [1.29, 1.82) is 0 Å². The van der Waals surface area contributed by atoms with E-state index in [1.54, 1.807) is 0 Å². The number of aryl methyl sites for hydroxylation is 2. The molecule has 0 saturated heterocycles. The van der Waals surface area contributed by atoms with Gasteiger partial charge in [0.05, 0.1) is 13.0 Å². The molecule has 1 rings (SSSR count). The van der Waals surface area contributed by atoms with Crippen molar-refractivity contribution in [3.63, 3.8) is 0 Å². The van der Waals surface area contributed by atoms with Gasteiger partial charge < -0.3 is 15.7 Å². The predicted octanol–water partition coefficient (Wildman–Crippen LogP) is 0.163. The fraction of sp³-hybridized carbons (Fsp3) is 0.357. The number of nitrogens with one attached hydrogen (secondary N) is 2. The lowest BCUT2D eigenvalue weighted by molar-refractivity contribution is -0.137. The number of carboxylic acids is 1. The molecule has 0 aliphatic rings. The fourth-order valence-corrected chi connectivity index (χ4v) is 1.64. The minimum atomic E-state index is -1.12. The topological polar surface area (TPSA) is 95.5 Å². The first-order valence-corrected chi connectivity index (χ1v) is 6.20. The van der Waals surface area contributed by atoms with Crippen LogP contribution in [0, 0.1) is 13.8 Å². The summed E-state index contributed by atoms with van der Waals surface area (Å²) in [6, 6.07) is 5.84. The first-order chi connectivity index (χ1) is 9.38. The monoisotopic (exact) mass is 278 g/mol. The van der Waals surface area contributed by atoms with Crippen molar-refractivity contribution in [2.24, 2.45) is 0 Å². The van der Waals surface area contributed by atoms with Gasteiger partial charge in [0.2, 0.25) is 11.8 Å². The summed E-state index contributed by atoms with van der Waals surface area (Å²) in [5, 5.41) is 13.0. The molecule has 0 aliphatic carbocycles. The van der Waals surface area contributed by atoms with Crippen molar-refractivity contribution in [2.45, 2.75) is 20.3 Å². The van der Waals surface area contributed by atoms with E-state index in [1.165, 1.54) is 0 Å². The predicted molar refractivity (Wildman–Crippen MR) is 73.3 cm³/mol. The Hall–Kier alpha value is -2.37. The Labute approximate surface area is 117 Å². The largest absolute Gasteiger partial charge is 0.480 e. The van der Waals surface area contributed by atoms with Crippen LogP contribution in [0.5, 0.6) is 0 Å². The van der Waals surface area contributed by atoms with E-state index in [-0.39, 0.29) is 18.9 Å². The molecule has 0 heterocycles. The Kier molecular flexibility index (Phi) is 5.71. The highest BCUT2D eigenvalue weighted by atomic mass is 16.4. The van der Waals surface area contributed by atoms with Crippen LogP contribution in [0.15, 0.2) is 18.2 Å². The lowest BCUT2D eigenvalue weighted by atomic mass is 10.0. The average Bonchev–Trinajstić information content (AvgIpc) is 2.38. The van der Waals surface area contributed by atoms with E-state index < -0.39 is 18.4 Å². The van der Waals surface area contributed by atoms with Crippen LogP contribution in [0.2, 0.25) is 0 Å². The number of hydrogen-bond acceptors (Lipinski definition) is 3. The summed E-state index contributed by atoms with van der Waals surface area (Å²) >= 11 is 0. The molecule has 20 heavy (non-hydrogen) atoms. The molecule has 1 aromatic rings. The molecule has 1 aromatic carbocycles. The molecule has 0 aromatic heterocycles. The zero-order chi connectivity index (χ0) is 15.1. The molecular formula is C14H18N2O4. The summed E-state index contributed by atoms with van der Waals surface area (Å²) in [5.74, 6) is -1.93. The van der Waals surface area contributed by atoms with Gasteiger partial charge in [-0.3, -0.25) is 14.4 Å². The van der Waals surface area contributed by atoms with Crippen molar-refractivity contribution >= 4 is 17.8 Å². The van der Waals surface area contributed by atoms with Gasteiger partial charge in [-0.25, -0.2) is 0 Å². The number of benzene rings is 1. The summed E-state index contributed by atoms with van der Waals surface area (Å²) in [7, 11) is 0. The minimum Gasteiger partial charge on any atom is -0.480 e. The molecule has 0 saturated carbocycles. The molecule has 6 nitrogen and oxygen atoms in total. The van der Waals surface area contributed by atoms with Crippen LogP contribution in [-0.4, -0.2) is 36.0 Å². The number of hydrogen-bond donors (Lipinski definition) is 3. The minimum absolute atomic E-state index is 0.194. The summed E-state index contributed by atoms with van der Waals surface area (Å²) in [5.41, 5.74) is 2.99. The van der Waals surface area contributed by atoms with Gasteiger partial charge in [-0.2, -0.15) is 0 Å². The Morgan fingerprint density at radius 3 is 2.35 bits per heavy atom. The van der Waals surface area contributed by atoms with Gasteiger partial charge in [0.15, 0.2) is 0 Å². The Morgan fingerprint density at radius 1 is 1.05 bits per heavy atom. The molecule has 0 atom stereocenters. The van der Waals surface area contributed by atoms with E-state index in [4.69, 9.17) is 5.11 Å². The maximum atomic E-state index is 11.7. The molecule has 0 radical (unpaired) electrons. The highest BCUT2D eigenvalue weighted by Crippen LogP contribution is 2.11. The number of rotatable bonds is 6. The lowest BCUT2D eigenvalue weighted by Gasteiger charge is -2.08. The van der Waals surface area contributed by atoms with Crippen LogP contribution in [-0.2, 0) is 20.8 Å². The SMILES string of the molecule is Cc1ccc(C)c(CC(=O)NCC(=O)NCC(=O)O)c1. The van der Waals surface area contributed by atoms with E-state index in [1.807, 2.05) is 32.0 Å². The third-order valence-electron chi connectivity index (χ3n) is 2.74. The second-order valence-corrected chi connectivity index (χ2v) is 4.55. The van der Waals surface area contributed by atoms with E-state index in [2.05, 4.69) is 10.6 Å². The molecule has 0 spiro atoms. The first kappa shape index (κ1) is 15.7. The van der Waals surface area contributed by atoms with Gasteiger partial charge in [-0.1, -0.05) is 23.8 Å². The Bertz CT molecular complexity index is 526. The maximum Gasteiger partial charge on any atom is 0.322 e. The van der Waals surface area contributed by atoms with Crippen molar-refractivity contribution in [2.75, 3.05) is 13.1 Å². The van der Waals surface area contributed by atoms with Gasteiger partial charge in [-0.15, -0.1) is 0 Å². The van der Waals surface area contributed by atoms with Crippen molar-refractivity contribution in [1.82, 2.24) is 10.6 Å². The van der Waals surface area contributed by atoms with Crippen LogP contribution >= 0.6 is 0 Å². The summed E-state index contributed by atoms with van der Waals surface area (Å²) in [4.78, 5) is 33.2. The zero-order valence-corrected chi connectivity index (χ0v) is 11.5. The normalized spacial score (nSPS) is 9.90. The van der Waals surface area contributed by atoms with Gasteiger partial charge >= 0.3 is 5.97 Å². The molecule has 108 valence electrons. The van der Waals surface area contributed by atoms with E-state index in [0.29, 0.717) is 0 Å². The number of aliphatic carboxylic acids is 1. The van der Waals surface area contributed by atoms with Gasteiger partial charge in [0.25, 0.3) is 0 Å². The average molecular weight is 278 g/mol. The van der Waals surface area contributed by atoms with Crippen molar-refractivity contribution in [3.05, 3.63) is 34.9 Å². The Balaban J connectivity index is 2.42. The number of carbonyl (C=O) groups is 3. The van der Waals surface area contributed by atoms with Crippen LogP contribution in [0.4, 0.5) is 0 Å². The molecule has 0 unspecified atom stereocenters. The molecule has 0 fully saturated rings. The van der Waals surface area contributed by atoms with E-state index in [0.717, 1.165) is 16.7 Å². The van der Waals surface area contributed by atoms with Crippen LogP contribution in [0.1, 0.15) is 16.7 Å². The third-order valence-corrected chi connectivity index (χ3v) is 2.74. The zero-order valence-electron chi connectivity index (χ0n) is 11.5. The van der Waals surface area contributed by atoms with Crippen molar-refractivity contribution in [3.8, 4) is 0 Å². The van der Waals surface area contributed by atoms with Crippen LogP contribution in [0.3, 0.4) is 0 Å². The number of carbonyl (C=O) groups excluding carboxylic acids is 2. The van der Waals surface area contributed by atoms with Crippen molar-refractivity contribution < 1.29 is 19.5 Å². The summed E-state index contributed by atoms with van der Waals surface area (Å²) < 4.78 is 0. The van der Waals surface area contributed by atoms with E-state index >= 15 is 0 Å². The molecule has 0 bridgehead atoms. The second kappa shape index (κ2) is 7.28. The standard InChI is InChI=1S/C14H18N2O4/c1-9-3-4-10(2)11(5-9)6-12(17)15-7-13(18)16-8-14(19)20/h3-5H,6-8H2,1-2H3,(H,15,17)(H,16,18)(H,19,20). The highest BCUT2D eigenvalue weighted by molar-refractivity contribution is 5.87. The van der Waals surface area contributed by atoms with Crippen LogP contribution in [0.25, 0.3) is 0 Å². The highest BCUT2D eigenvalue weighted by Gasteiger charge is 2.09. The molecule has 6 heteroatoms. The van der Waals surface area contributed by atoms with Gasteiger partial charge in [0, 0.05) is 0 Å². The molecular weight excluding hydrogens is 260 g/mol. The van der Waals surface area contributed by atoms with E-state index in [9.17, 15) is 14.4 Å². The summed E-state index contributed by atoms with van der Waals surface area (Å²) in [6.07, 6.45) is 0.194. The maximum absolute atomic E-state index is 11.7. The first-order valence-electron chi connectivity index (χ1n) is 6.20. The molecule has 3 N–H and O–H groups in total. The van der Waals surface area contributed by atoms with Gasteiger partial charge in [0.1, 0.15) is 6.54 Å². The fourth-order valence-electron chi connectivity index (χ4n) is 1.64. The smallest absolute Gasteiger partial charge is 0.322 e. The number of amides is 2. The molecule has 2 amide bonds. The Morgan fingerprint density at radius 2 is 1.70 bits per heavy atom. The lowest BCUT2D eigenvalue weighted by Crippen LogP contribution is -2.39. The van der Waals surface area contributed by atoms with Gasteiger partial charge in [-0.05, 0) is 25.0 Å². The second-order valence-electron chi connectivity index (χ2n) is 4.55. The van der Waals surface area contributed by atoms with Crippen LogP contribution < -0.4 is 10.6 Å². The quantitative estimate of drug-likeness (QED) is 0.691. The molecule has 0 aliphatic heterocycles. The third kappa shape index (κ3) is 5.51.